The van der Waals surface area contributed by atoms with Gasteiger partial charge in [-0.05, 0) is 56.8 Å². The molecule has 0 heterocycles. The molecule has 1 aliphatic rings. The number of nitrogens with one attached hydrogen (secondary N) is 1. The zero-order valence-electron chi connectivity index (χ0n) is 10.2. The highest BCUT2D eigenvalue weighted by atomic mass is 16.5. The molecule has 1 saturated carbocycles. The van der Waals surface area contributed by atoms with Gasteiger partial charge in [-0.15, -0.1) is 0 Å². The Morgan fingerprint density at radius 1 is 1.38 bits per heavy atom. The second-order valence-electron chi connectivity index (χ2n) is 4.89. The van der Waals surface area contributed by atoms with E-state index in [4.69, 9.17) is 4.74 Å². The molecule has 1 aliphatic carbocycles. The Hall–Kier alpha value is -1.02. The zero-order valence-corrected chi connectivity index (χ0v) is 10.2. The lowest BCUT2D eigenvalue weighted by Crippen LogP contribution is -2.16. The van der Waals surface area contributed by atoms with E-state index in [-0.39, 0.29) is 6.10 Å². The molecule has 0 aromatic heterocycles. The zero-order chi connectivity index (χ0) is 11.4. The lowest BCUT2D eigenvalue weighted by atomic mass is 10.2. The van der Waals surface area contributed by atoms with Gasteiger partial charge in [0.1, 0.15) is 5.75 Å². The van der Waals surface area contributed by atoms with Crippen LogP contribution in [0.3, 0.4) is 0 Å². The molecule has 1 fully saturated rings. The molecule has 0 radical (unpaired) electrons. The summed E-state index contributed by atoms with van der Waals surface area (Å²) in [6.07, 6.45) is 3.06. The lowest BCUT2D eigenvalue weighted by Gasteiger charge is -2.11. The van der Waals surface area contributed by atoms with E-state index in [1.54, 1.807) is 0 Å². The minimum absolute atomic E-state index is 0.245. The van der Waals surface area contributed by atoms with Crippen molar-refractivity contribution in [3.05, 3.63) is 29.8 Å². The van der Waals surface area contributed by atoms with Gasteiger partial charge in [-0.25, -0.2) is 0 Å². The fourth-order valence-corrected chi connectivity index (χ4v) is 1.74. The van der Waals surface area contributed by atoms with Gasteiger partial charge in [-0.2, -0.15) is 0 Å². The maximum atomic E-state index is 5.67. The maximum Gasteiger partial charge on any atom is 0.120 e. The topological polar surface area (TPSA) is 21.3 Å². The van der Waals surface area contributed by atoms with Crippen LogP contribution in [0.2, 0.25) is 0 Å². The fourth-order valence-electron chi connectivity index (χ4n) is 1.74. The first-order valence-corrected chi connectivity index (χ1v) is 6.20. The third-order valence-electron chi connectivity index (χ3n) is 2.73. The van der Waals surface area contributed by atoms with Gasteiger partial charge in [0, 0.05) is 6.54 Å². The summed E-state index contributed by atoms with van der Waals surface area (Å²) in [4.78, 5) is 0. The number of hydrogen-bond acceptors (Lipinski definition) is 2. The van der Waals surface area contributed by atoms with Gasteiger partial charge in [0.05, 0.1) is 6.10 Å². The first-order valence-electron chi connectivity index (χ1n) is 6.20. The van der Waals surface area contributed by atoms with Crippen LogP contribution >= 0.6 is 0 Å². The van der Waals surface area contributed by atoms with E-state index in [1.807, 2.05) is 6.07 Å². The summed E-state index contributed by atoms with van der Waals surface area (Å²) >= 11 is 0. The first kappa shape index (κ1) is 11.5. The second kappa shape index (κ2) is 5.35. The normalized spacial score (nSPS) is 15.4. The Morgan fingerprint density at radius 2 is 2.19 bits per heavy atom. The molecule has 0 aliphatic heterocycles. The molecule has 2 nitrogen and oxygen atoms in total. The predicted molar refractivity (Wildman–Crippen MR) is 66.6 cm³/mol. The Labute approximate surface area is 98.0 Å². The molecule has 2 rings (SSSR count). The predicted octanol–water partition coefficient (Wildman–Crippen LogP) is 2.97. The molecule has 88 valence electrons. The fraction of sp³-hybridized carbons (Fsp3) is 0.571. The molecule has 1 aromatic carbocycles. The van der Waals surface area contributed by atoms with E-state index < -0.39 is 0 Å². The van der Waals surface area contributed by atoms with Crippen molar-refractivity contribution in [3.8, 4) is 5.75 Å². The minimum atomic E-state index is 0.245. The smallest absolute Gasteiger partial charge is 0.120 e. The monoisotopic (exact) mass is 219 g/mol. The average molecular weight is 219 g/mol. The van der Waals surface area contributed by atoms with Gasteiger partial charge in [0.2, 0.25) is 0 Å². The summed E-state index contributed by atoms with van der Waals surface area (Å²) in [5, 5.41) is 3.49. The number of ether oxygens (including phenoxy) is 1. The largest absolute Gasteiger partial charge is 0.491 e. The molecule has 16 heavy (non-hydrogen) atoms. The maximum absolute atomic E-state index is 5.67. The van der Waals surface area contributed by atoms with Crippen LogP contribution in [-0.2, 0) is 6.54 Å². The third kappa shape index (κ3) is 3.86. The molecule has 0 unspecified atom stereocenters. The van der Waals surface area contributed by atoms with Gasteiger partial charge >= 0.3 is 0 Å². The highest BCUT2D eigenvalue weighted by Crippen LogP contribution is 2.27. The number of benzene rings is 1. The summed E-state index contributed by atoms with van der Waals surface area (Å²) in [7, 11) is 0. The van der Waals surface area contributed by atoms with Crippen molar-refractivity contribution in [2.45, 2.75) is 39.3 Å². The van der Waals surface area contributed by atoms with Gasteiger partial charge in [-0.1, -0.05) is 12.1 Å². The van der Waals surface area contributed by atoms with Crippen LogP contribution in [0.5, 0.6) is 5.75 Å². The first-order chi connectivity index (χ1) is 7.74. The molecular formula is C14H21NO. The Bertz CT molecular complexity index is 331. The van der Waals surface area contributed by atoms with Crippen molar-refractivity contribution in [1.29, 1.82) is 0 Å². The summed E-state index contributed by atoms with van der Waals surface area (Å²) < 4.78 is 5.67. The van der Waals surface area contributed by atoms with Crippen LogP contribution in [0.15, 0.2) is 24.3 Å². The molecule has 0 saturated heterocycles. The molecule has 1 aromatic rings. The van der Waals surface area contributed by atoms with E-state index in [0.717, 1.165) is 24.8 Å². The third-order valence-corrected chi connectivity index (χ3v) is 2.73. The van der Waals surface area contributed by atoms with E-state index in [9.17, 15) is 0 Å². The Balaban J connectivity index is 1.82. The van der Waals surface area contributed by atoms with Crippen molar-refractivity contribution in [2.75, 3.05) is 6.54 Å². The van der Waals surface area contributed by atoms with Gasteiger partial charge in [0.25, 0.3) is 0 Å². The van der Waals surface area contributed by atoms with Gasteiger partial charge in [-0.3, -0.25) is 0 Å². The molecule has 1 N–H and O–H groups in total. The average Bonchev–Trinajstić information content (AvgIpc) is 3.01. The lowest BCUT2D eigenvalue weighted by molar-refractivity contribution is 0.242. The van der Waals surface area contributed by atoms with Crippen LogP contribution < -0.4 is 10.1 Å². The van der Waals surface area contributed by atoms with Crippen molar-refractivity contribution >= 4 is 0 Å². The van der Waals surface area contributed by atoms with E-state index >= 15 is 0 Å². The van der Waals surface area contributed by atoms with Gasteiger partial charge in [0.15, 0.2) is 0 Å². The van der Waals surface area contributed by atoms with E-state index in [2.05, 4.69) is 37.4 Å². The molecule has 0 amide bonds. The van der Waals surface area contributed by atoms with E-state index in [0.29, 0.717) is 0 Å². The number of rotatable bonds is 6. The summed E-state index contributed by atoms with van der Waals surface area (Å²) in [5.41, 5.74) is 1.30. The molecule has 0 bridgehead atoms. The summed E-state index contributed by atoms with van der Waals surface area (Å²) in [6, 6.07) is 8.35. The van der Waals surface area contributed by atoms with Crippen LogP contribution in [0.1, 0.15) is 32.3 Å². The SMILES string of the molecule is CC(C)Oc1cccc(CNCC2CC2)c1. The Morgan fingerprint density at radius 3 is 2.88 bits per heavy atom. The van der Waals surface area contributed by atoms with Crippen LogP contribution in [-0.4, -0.2) is 12.6 Å². The Kier molecular flexibility index (Phi) is 3.83. The van der Waals surface area contributed by atoms with Crippen LogP contribution in [0.4, 0.5) is 0 Å². The quantitative estimate of drug-likeness (QED) is 0.794. The van der Waals surface area contributed by atoms with Crippen molar-refractivity contribution in [3.63, 3.8) is 0 Å². The highest BCUT2D eigenvalue weighted by Gasteiger charge is 2.20. The molecule has 2 heteroatoms. The molecule has 0 spiro atoms. The van der Waals surface area contributed by atoms with Crippen molar-refractivity contribution in [1.82, 2.24) is 5.32 Å². The number of hydrogen-bond donors (Lipinski definition) is 1. The molecule has 0 atom stereocenters. The molecular weight excluding hydrogens is 198 g/mol. The highest BCUT2D eigenvalue weighted by molar-refractivity contribution is 5.28. The minimum Gasteiger partial charge on any atom is -0.491 e. The summed E-state index contributed by atoms with van der Waals surface area (Å²) in [6.45, 7) is 6.22. The van der Waals surface area contributed by atoms with Crippen LogP contribution in [0.25, 0.3) is 0 Å². The van der Waals surface area contributed by atoms with Gasteiger partial charge < -0.3 is 10.1 Å². The van der Waals surface area contributed by atoms with Crippen molar-refractivity contribution in [2.24, 2.45) is 5.92 Å². The summed E-state index contributed by atoms with van der Waals surface area (Å²) in [5.74, 6) is 1.91. The van der Waals surface area contributed by atoms with Crippen LogP contribution in [0, 0.1) is 5.92 Å². The standard InChI is InChI=1S/C14H21NO/c1-11(2)16-14-5-3-4-13(8-14)10-15-9-12-6-7-12/h3-5,8,11-12,15H,6-7,9-10H2,1-2H3. The second-order valence-corrected chi connectivity index (χ2v) is 4.89. The van der Waals surface area contributed by atoms with Crippen molar-refractivity contribution < 1.29 is 4.74 Å². The van der Waals surface area contributed by atoms with E-state index in [1.165, 1.54) is 18.4 Å².